The number of nitriles is 1. The van der Waals surface area contributed by atoms with E-state index in [1.54, 1.807) is 12.3 Å². The van der Waals surface area contributed by atoms with E-state index in [0.29, 0.717) is 0 Å². The Morgan fingerprint density at radius 2 is 2.45 bits per heavy atom. The third-order valence-corrected chi connectivity index (χ3v) is 1.52. The maximum atomic E-state index is 8.51. The Kier molecular flexibility index (Phi) is 2.19. The van der Waals surface area contributed by atoms with E-state index in [-0.39, 0.29) is 0 Å². The van der Waals surface area contributed by atoms with Crippen molar-refractivity contribution >= 4 is 0 Å². The first-order valence-corrected chi connectivity index (χ1v) is 3.32. The SMILES string of the molecule is Cc1ncccc1C(N)C#N. The van der Waals surface area contributed by atoms with Crippen LogP contribution in [0.15, 0.2) is 18.3 Å². The summed E-state index contributed by atoms with van der Waals surface area (Å²) in [7, 11) is 0. The molecule has 1 heterocycles. The van der Waals surface area contributed by atoms with Gasteiger partial charge in [-0.05, 0) is 13.0 Å². The number of aryl methyl sites for hydroxylation is 1. The van der Waals surface area contributed by atoms with Crippen molar-refractivity contribution in [3.63, 3.8) is 0 Å². The lowest BCUT2D eigenvalue weighted by Gasteiger charge is -2.04. The highest BCUT2D eigenvalue weighted by molar-refractivity contribution is 5.26. The van der Waals surface area contributed by atoms with Crippen LogP contribution in [0.4, 0.5) is 0 Å². The first kappa shape index (κ1) is 7.70. The Labute approximate surface area is 65.5 Å². The highest BCUT2D eigenvalue weighted by Gasteiger charge is 2.06. The fourth-order valence-electron chi connectivity index (χ4n) is 0.895. The van der Waals surface area contributed by atoms with Gasteiger partial charge in [0.25, 0.3) is 0 Å². The molecule has 0 saturated carbocycles. The molecule has 1 atom stereocenters. The van der Waals surface area contributed by atoms with E-state index in [2.05, 4.69) is 4.98 Å². The topological polar surface area (TPSA) is 62.7 Å². The van der Waals surface area contributed by atoms with Gasteiger partial charge in [-0.3, -0.25) is 4.98 Å². The maximum Gasteiger partial charge on any atom is 0.120 e. The van der Waals surface area contributed by atoms with Crippen LogP contribution in [0.2, 0.25) is 0 Å². The van der Waals surface area contributed by atoms with Gasteiger partial charge < -0.3 is 5.73 Å². The lowest BCUT2D eigenvalue weighted by Crippen LogP contribution is -2.09. The summed E-state index contributed by atoms with van der Waals surface area (Å²) in [5.41, 5.74) is 7.12. The van der Waals surface area contributed by atoms with Crippen LogP contribution in [0, 0.1) is 18.3 Å². The van der Waals surface area contributed by atoms with Crippen LogP contribution in [0.5, 0.6) is 0 Å². The van der Waals surface area contributed by atoms with E-state index in [0.717, 1.165) is 11.3 Å². The van der Waals surface area contributed by atoms with Crippen molar-refractivity contribution in [3.05, 3.63) is 29.6 Å². The lowest BCUT2D eigenvalue weighted by molar-refractivity contribution is 0.896. The molecule has 56 valence electrons. The molecule has 0 spiro atoms. The molecule has 0 aliphatic heterocycles. The molecule has 11 heavy (non-hydrogen) atoms. The van der Waals surface area contributed by atoms with Crippen molar-refractivity contribution in [3.8, 4) is 6.07 Å². The molecule has 1 unspecified atom stereocenters. The molecule has 0 aliphatic rings. The summed E-state index contributed by atoms with van der Waals surface area (Å²) >= 11 is 0. The molecule has 0 fully saturated rings. The molecule has 3 heteroatoms. The summed E-state index contributed by atoms with van der Waals surface area (Å²) in [6, 6.07) is 5.00. The second-order valence-electron chi connectivity index (χ2n) is 2.28. The van der Waals surface area contributed by atoms with Gasteiger partial charge in [-0.15, -0.1) is 0 Å². The van der Waals surface area contributed by atoms with Crippen LogP contribution in [-0.2, 0) is 0 Å². The summed E-state index contributed by atoms with van der Waals surface area (Å²) in [6.45, 7) is 1.84. The normalized spacial score (nSPS) is 12.1. The van der Waals surface area contributed by atoms with E-state index >= 15 is 0 Å². The van der Waals surface area contributed by atoms with Crippen LogP contribution in [0.3, 0.4) is 0 Å². The van der Waals surface area contributed by atoms with Gasteiger partial charge in [0.05, 0.1) is 6.07 Å². The van der Waals surface area contributed by atoms with Crippen LogP contribution < -0.4 is 5.73 Å². The Hall–Kier alpha value is -1.40. The molecule has 0 radical (unpaired) electrons. The first-order valence-electron chi connectivity index (χ1n) is 3.32. The van der Waals surface area contributed by atoms with Gasteiger partial charge >= 0.3 is 0 Å². The standard InChI is InChI=1S/C8H9N3/c1-6-7(8(10)5-9)3-2-4-11-6/h2-4,8H,10H2,1H3. The fraction of sp³-hybridized carbons (Fsp3) is 0.250. The van der Waals surface area contributed by atoms with Gasteiger partial charge in [0.15, 0.2) is 0 Å². The summed E-state index contributed by atoms with van der Waals surface area (Å²) in [6.07, 6.45) is 1.68. The van der Waals surface area contributed by atoms with Crippen LogP contribution in [0.1, 0.15) is 17.3 Å². The molecule has 0 bridgehead atoms. The number of aromatic nitrogens is 1. The number of nitrogens with two attached hydrogens (primary N) is 1. The molecular formula is C8H9N3. The van der Waals surface area contributed by atoms with Crippen LogP contribution in [-0.4, -0.2) is 4.98 Å². The molecule has 0 aromatic carbocycles. The summed E-state index contributed by atoms with van der Waals surface area (Å²) in [5.74, 6) is 0. The minimum absolute atomic E-state index is 0.552. The maximum absolute atomic E-state index is 8.51. The van der Waals surface area contributed by atoms with Crippen LogP contribution >= 0.6 is 0 Å². The monoisotopic (exact) mass is 147 g/mol. The summed E-state index contributed by atoms with van der Waals surface area (Å²) in [5, 5.41) is 8.51. The molecule has 1 rings (SSSR count). The predicted octanol–water partition coefficient (Wildman–Crippen LogP) is 0.913. The van der Waals surface area contributed by atoms with Gasteiger partial charge in [0.2, 0.25) is 0 Å². The fourth-order valence-corrected chi connectivity index (χ4v) is 0.895. The Balaban J connectivity index is 3.05. The summed E-state index contributed by atoms with van der Waals surface area (Å²) in [4.78, 5) is 4.02. The average molecular weight is 147 g/mol. The van der Waals surface area contributed by atoms with Gasteiger partial charge in [0.1, 0.15) is 6.04 Å². The minimum Gasteiger partial charge on any atom is -0.312 e. The molecule has 0 saturated heterocycles. The van der Waals surface area contributed by atoms with Crippen LogP contribution in [0.25, 0.3) is 0 Å². The molecule has 0 amide bonds. The highest BCUT2D eigenvalue weighted by Crippen LogP contribution is 2.10. The van der Waals surface area contributed by atoms with E-state index in [1.807, 2.05) is 19.1 Å². The number of nitrogens with zero attached hydrogens (tertiary/aromatic N) is 2. The zero-order valence-electron chi connectivity index (χ0n) is 6.28. The number of pyridine rings is 1. The molecule has 3 nitrogen and oxygen atoms in total. The second kappa shape index (κ2) is 3.13. The molecule has 2 N–H and O–H groups in total. The molecule has 1 aromatic rings. The highest BCUT2D eigenvalue weighted by atomic mass is 14.7. The van der Waals surface area contributed by atoms with E-state index < -0.39 is 6.04 Å². The Morgan fingerprint density at radius 1 is 1.73 bits per heavy atom. The van der Waals surface area contributed by atoms with Gasteiger partial charge in [0, 0.05) is 17.5 Å². The number of hydrogen-bond donors (Lipinski definition) is 1. The Morgan fingerprint density at radius 3 is 3.00 bits per heavy atom. The van der Waals surface area contributed by atoms with Crippen molar-refractivity contribution in [2.45, 2.75) is 13.0 Å². The molecule has 0 aliphatic carbocycles. The van der Waals surface area contributed by atoms with Gasteiger partial charge in [-0.2, -0.15) is 5.26 Å². The zero-order chi connectivity index (χ0) is 8.27. The smallest absolute Gasteiger partial charge is 0.120 e. The average Bonchev–Trinajstić information content (AvgIpc) is 2.04. The van der Waals surface area contributed by atoms with Crippen molar-refractivity contribution in [2.24, 2.45) is 5.73 Å². The van der Waals surface area contributed by atoms with E-state index in [4.69, 9.17) is 11.0 Å². The Bertz CT molecular complexity index is 288. The third-order valence-electron chi connectivity index (χ3n) is 1.52. The molecule has 1 aromatic heterocycles. The summed E-state index contributed by atoms with van der Waals surface area (Å²) < 4.78 is 0. The minimum atomic E-state index is -0.552. The van der Waals surface area contributed by atoms with Crippen molar-refractivity contribution in [1.29, 1.82) is 5.26 Å². The van der Waals surface area contributed by atoms with Crippen molar-refractivity contribution in [1.82, 2.24) is 4.98 Å². The van der Waals surface area contributed by atoms with Gasteiger partial charge in [-0.25, -0.2) is 0 Å². The van der Waals surface area contributed by atoms with Crippen molar-refractivity contribution in [2.75, 3.05) is 0 Å². The predicted molar refractivity (Wildman–Crippen MR) is 41.5 cm³/mol. The lowest BCUT2D eigenvalue weighted by atomic mass is 10.1. The zero-order valence-corrected chi connectivity index (χ0v) is 6.28. The largest absolute Gasteiger partial charge is 0.312 e. The second-order valence-corrected chi connectivity index (χ2v) is 2.28. The van der Waals surface area contributed by atoms with E-state index in [1.165, 1.54) is 0 Å². The number of hydrogen-bond acceptors (Lipinski definition) is 3. The van der Waals surface area contributed by atoms with Crippen molar-refractivity contribution < 1.29 is 0 Å². The molecular weight excluding hydrogens is 138 g/mol. The van der Waals surface area contributed by atoms with Gasteiger partial charge in [-0.1, -0.05) is 6.07 Å². The third kappa shape index (κ3) is 1.54. The first-order chi connectivity index (χ1) is 5.25. The van der Waals surface area contributed by atoms with E-state index in [9.17, 15) is 0 Å². The number of rotatable bonds is 1. The quantitative estimate of drug-likeness (QED) is 0.642.